The normalized spacial score (nSPS) is 21.4. The average molecular weight is 318 g/mol. The van der Waals surface area contributed by atoms with Crippen LogP contribution in [0.15, 0.2) is 0 Å². The van der Waals surface area contributed by atoms with E-state index in [1.807, 2.05) is 27.3 Å². The third-order valence-corrected chi connectivity index (χ3v) is 4.32. The monoisotopic (exact) mass is 318 g/mol. The lowest BCUT2D eigenvalue weighted by atomic mass is 9.94. The molecule has 0 atom stereocenters. The van der Waals surface area contributed by atoms with E-state index in [2.05, 4.69) is 5.10 Å². The van der Waals surface area contributed by atoms with Crippen molar-refractivity contribution in [2.24, 2.45) is 5.41 Å². The predicted molar refractivity (Wildman–Crippen MR) is 61.9 cm³/mol. The molecule has 15 heavy (non-hydrogen) atoms. The summed E-state index contributed by atoms with van der Waals surface area (Å²) in [6.07, 6.45) is 4.57. The minimum atomic E-state index is -0.840. The first-order valence-corrected chi connectivity index (χ1v) is 6.18. The van der Waals surface area contributed by atoms with Gasteiger partial charge in [-0.05, 0) is 53.7 Å². The fourth-order valence-electron chi connectivity index (χ4n) is 2.43. The second-order valence-electron chi connectivity index (χ2n) is 4.58. The van der Waals surface area contributed by atoms with Gasteiger partial charge in [0.15, 0.2) is 0 Å². The zero-order valence-electron chi connectivity index (χ0n) is 8.16. The van der Waals surface area contributed by atoms with Crippen LogP contribution in [0.5, 0.6) is 0 Å². The summed E-state index contributed by atoms with van der Waals surface area (Å²) in [5, 5.41) is 13.4. The van der Waals surface area contributed by atoms with Gasteiger partial charge in [-0.1, -0.05) is 0 Å². The quantitative estimate of drug-likeness (QED) is 0.805. The third-order valence-electron chi connectivity index (χ3n) is 3.56. The number of fused-ring (bicyclic) bond motifs is 1. The molecule has 1 aliphatic heterocycles. The standard InChI is InChI=1S/C10H11IN2O2/c11-8-7(9(14)15)6-1-2-10(3-4-10)5-13(6)12-8/h1-5H2,(H,14,15). The van der Waals surface area contributed by atoms with E-state index < -0.39 is 5.97 Å². The molecule has 0 aromatic carbocycles. The number of nitrogens with zero attached hydrogens (tertiary/aromatic N) is 2. The van der Waals surface area contributed by atoms with Crippen LogP contribution in [0.4, 0.5) is 0 Å². The van der Waals surface area contributed by atoms with Crippen molar-refractivity contribution in [2.45, 2.75) is 32.2 Å². The Bertz CT molecular complexity index is 449. The van der Waals surface area contributed by atoms with Gasteiger partial charge in [0.2, 0.25) is 0 Å². The number of carboxylic acids is 1. The van der Waals surface area contributed by atoms with Gasteiger partial charge in [-0.3, -0.25) is 4.68 Å². The van der Waals surface area contributed by atoms with Gasteiger partial charge in [-0.15, -0.1) is 0 Å². The third kappa shape index (κ3) is 1.39. The summed E-state index contributed by atoms with van der Waals surface area (Å²) in [4.78, 5) is 11.1. The molecule has 3 rings (SSSR count). The Morgan fingerprint density at radius 1 is 1.47 bits per heavy atom. The van der Waals surface area contributed by atoms with Crippen molar-refractivity contribution in [3.8, 4) is 0 Å². The van der Waals surface area contributed by atoms with E-state index >= 15 is 0 Å². The van der Waals surface area contributed by atoms with E-state index in [1.54, 1.807) is 0 Å². The Morgan fingerprint density at radius 2 is 2.20 bits per heavy atom. The molecule has 0 amide bonds. The number of carboxylic acid groups (broad SMARTS) is 1. The zero-order chi connectivity index (χ0) is 10.6. The number of hydrogen-bond donors (Lipinski definition) is 1. The number of hydrogen-bond acceptors (Lipinski definition) is 2. The van der Waals surface area contributed by atoms with Crippen LogP contribution in [0.3, 0.4) is 0 Å². The lowest BCUT2D eigenvalue weighted by Gasteiger charge is -2.22. The molecule has 2 heterocycles. The first-order valence-electron chi connectivity index (χ1n) is 5.10. The van der Waals surface area contributed by atoms with Crippen molar-refractivity contribution in [3.63, 3.8) is 0 Å². The Hall–Kier alpha value is -0.590. The molecule has 5 heteroatoms. The van der Waals surface area contributed by atoms with Gasteiger partial charge in [0, 0.05) is 6.54 Å². The Kier molecular flexibility index (Phi) is 1.90. The molecule has 1 aromatic rings. The molecule has 1 fully saturated rings. The zero-order valence-corrected chi connectivity index (χ0v) is 10.3. The Balaban J connectivity index is 2.06. The summed E-state index contributed by atoms with van der Waals surface area (Å²) >= 11 is 2.02. The van der Waals surface area contributed by atoms with Gasteiger partial charge < -0.3 is 5.11 Å². The molecule has 80 valence electrons. The predicted octanol–water partition coefficient (Wildman–Crippen LogP) is 1.91. The molecule has 0 radical (unpaired) electrons. The van der Waals surface area contributed by atoms with Gasteiger partial charge in [-0.25, -0.2) is 4.79 Å². The van der Waals surface area contributed by atoms with Crippen molar-refractivity contribution in [1.29, 1.82) is 0 Å². The fourth-order valence-corrected chi connectivity index (χ4v) is 3.23. The Morgan fingerprint density at radius 3 is 2.80 bits per heavy atom. The average Bonchev–Trinajstić information content (AvgIpc) is 2.80. The summed E-state index contributed by atoms with van der Waals surface area (Å²) < 4.78 is 2.55. The molecule has 0 bridgehead atoms. The fraction of sp³-hybridized carbons (Fsp3) is 0.600. The minimum absolute atomic E-state index is 0.422. The smallest absolute Gasteiger partial charge is 0.340 e. The second-order valence-corrected chi connectivity index (χ2v) is 5.60. The van der Waals surface area contributed by atoms with E-state index in [0.717, 1.165) is 25.1 Å². The van der Waals surface area contributed by atoms with Crippen LogP contribution in [0, 0.1) is 9.12 Å². The summed E-state index contributed by atoms with van der Waals surface area (Å²) in [6, 6.07) is 0. The maximum atomic E-state index is 11.1. The van der Waals surface area contributed by atoms with Gasteiger partial charge in [-0.2, -0.15) is 5.10 Å². The lowest BCUT2D eigenvalue weighted by Crippen LogP contribution is -2.23. The van der Waals surface area contributed by atoms with Gasteiger partial charge in [0.1, 0.15) is 9.26 Å². The first kappa shape index (κ1) is 9.62. The molecule has 1 aliphatic carbocycles. The number of aromatic nitrogens is 2. The van der Waals surface area contributed by atoms with E-state index in [4.69, 9.17) is 5.11 Å². The van der Waals surface area contributed by atoms with Crippen LogP contribution in [-0.2, 0) is 13.0 Å². The topological polar surface area (TPSA) is 55.1 Å². The molecule has 1 N–H and O–H groups in total. The SMILES string of the molecule is O=C(O)c1c(I)nn2c1CCC1(CC1)C2. The van der Waals surface area contributed by atoms with Crippen LogP contribution in [0.2, 0.25) is 0 Å². The molecule has 2 aliphatic rings. The highest BCUT2D eigenvalue weighted by molar-refractivity contribution is 14.1. The van der Waals surface area contributed by atoms with Gasteiger partial charge >= 0.3 is 5.97 Å². The number of aromatic carboxylic acids is 1. The van der Waals surface area contributed by atoms with Crippen LogP contribution < -0.4 is 0 Å². The lowest BCUT2D eigenvalue weighted by molar-refractivity contribution is 0.0693. The van der Waals surface area contributed by atoms with Crippen LogP contribution in [-0.4, -0.2) is 20.9 Å². The molecular formula is C10H11IN2O2. The number of rotatable bonds is 1. The van der Waals surface area contributed by atoms with E-state index in [-0.39, 0.29) is 0 Å². The largest absolute Gasteiger partial charge is 0.478 e. The summed E-state index contributed by atoms with van der Waals surface area (Å²) in [5.41, 5.74) is 1.81. The van der Waals surface area contributed by atoms with Gasteiger partial charge in [0.25, 0.3) is 0 Å². The van der Waals surface area contributed by atoms with E-state index in [9.17, 15) is 4.79 Å². The maximum Gasteiger partial charge on any atom is 0.340 e. The van der Waals surface area contributed by atoms with E-state index in [0.29, 0.717) is 14.7 Å². The van der Waals surface area contributed by atoms with Crippen molar-refractivity contribution in [3.05, 3.63) is 15.0 Å². The van der Waals surface area contributed by atoms with Crippen molar-refractivity contribution < 1.29 is 9.90 Å². The number of halogens is 1. The Labute approximate surface area is 101 Å². The molecule has 4 nitrogen and oxygen atoms in total. The molecule has 0 unspecified atom stereocenters. The van der Waals surface area contributed by atoms with E-state index in [1.165, 1.54) is 12.8 Å². The molecular weight excluding hydrogens is 307 g/mol. The first-order chi connectivity index (χ1) is 7.11. The molecule has 1 aromatic heterocycles. The van der Waals surface area contributed by atoms with Gasteiger partial charge in [0.05, 0.1) is 5.69 Å². The van der Waals surface area contributed by atoms with Crippen molar-refractivity contribution in [2.75, 3.05) is 0 Å². The summed E-state index contributed by atoms with van der Waals surface area (Å²) in [5.74, 6) is -0.840. The maximum absolute atomic E-state index is 11.1. The van der Waals surface area contributed by atoms with Crippen molar-refractivity contribution in [1.82, 2.24) is 9.78 Å². The summed E-state index contributed by atoms with van der Waals surface area (Å²) in [7, 11) is 0. The van der Waals surface area contributed by atoms with Crippen LogP contribution in [0.25, 0.3) is 0 Å². The van der Waals surface area contributed by atoms with Crippen LogP contribution in [0.1, 0.15) is 35.3 Å². The highest BCUT2D eigenvalue weighted by Crippen LogP contribution is 2.53. The van der Waals surface area contributed by atoms with Crippen molar-refractivity contribution >= 4 is 28.6 Å². The molecule has 0 saturated heterocycles. The summed E-state index contributed by atoms with van der Waals surface area (Å²) in [6.45, 7) is 0.922. The highest BCUT2D eigenvalue weighted by Gasteiger charge is 2.46. The van der Waals surface area contributed by atoms with Crippen LogP contribution >= 0.6 is 22.6 Å². The number of carbonyl (C=O) groups is 1. The molecule has 1 saturated carbocycles. The molecule has 1 spiro atoms. The second kappa shape index (κ2) is 2.96. The minimum Gasteiger partial charge on any atom is -0.478 e. The highest BCUT2D eigenvalue weighted by atomic mass is 127.